The van der Waals surface area contributed by atoms with Crippen molar-refractivity contribution >= 4 is 50.3 Å². The number of benzene rings is 5. The van der Waals surface area contributed by atoms with Crippen LogP contribution < -0.4 is 10.6 Å². The van der Waals surface area contributed by atoms with Crippen molar-refractivity contribution in [2.24, 2.45) is 5.92 Å². The number of nitrogens with zero attached hydrogens (tertiary/aromatic N) is 1. The van der Waals surface area contributed by atoms with Crippen molar-refractivity contribution in [1.82, 2.24) is 9.88 Å². The Labute approximate surface area is 308 Å². The molecule has 2 N–H and O–H groups in total. The summed E-state index contributed by atoms with van der Waals surface area (Å²) >= 11 is 2.02. The number of para-hydroxylation sites is 2. The summed E-state index contributed by atoms with van der Waals surface area (Å²) in [6.07, 6.45) is 17.8. The lowest BCUT2D eigenvalue weighted by molar-refractivity contribution is 0.455. The van der Waals surface area contributed by atoms with E-state index in [1.165, 1.54) is 81.9 Å². The number of thiophene rings is 1. The van der Waals surface area contributed by atoms with E-state index in [1.807, 2.05) is 11.3 Å². The van der Waals surface area contributed by atoms with Crippen molar-refractivity contribution < 1.29 is 0 Å². The van der Waals surface area contributed by atoms with Crippen LogP contribution in [0.1, 0.15) is 50.4 Å². The molecule has 0 saturated carbocycles. The van der Waals surface area contributed by atoms with Gasteiger partial charge in [-0.1, -0.05) is 146 Å². The van der Waals surface area contributed by atoms with Gasteiger partial charge >= 0.3 is 0 Å². The van der Waals surface area contributed by atoms with Crippen molar-refractivity contribution in [2.45, 2.75) is 31.0 Å². The van der Waals surface area contributed by atoms with Gasteiger partial charge in [0, 0.05) is 45.1 Å². The zero-order chi connectivity index (χ0) is 34.2. The summed E-state index contributed by atoms with van der Waals surface area (Å²) in [6.45, 7) is 0.809. The molecule has 1 aliphatic heterocycles. The fraction of sp³-hybridized carbons (Fsp3) is 0.125. The van der Waals surface area contributed by atoms with Crippen molar-refractivity contribution in [2.75, 3.05) is 5.32 Å². The number of aromatic nitrogens is 1. The molecule has 2 aromatic heterocycles. The average molecular weight is 688 g/mol. The van der Waals surface area contributed by atoms with Gasteiger partial charge in [0.1, 0.15) is 0 Å². The highest BCUT2D eigenvalue weighted by atomic mass is 32.1. The lowest BCUT2D eigenvalue weighted by Gasteiger charge is -2.35. The molecule has 0 radical (unpaired) electrons. The number of nitrogens with one attached hydrogen (secondary N) is 2. The zero-order valence-corrected chi connectivity index (χ0v) is 29.5. The molecule has 5 aromatic carbocycles. The van der Waals surface area contributed by atoms with Crippen LogP contribution in [-0.2, 0) is 6.54 Å². The van der Waals surface area contributed by atoms with Crippen LogP contribution in [0.3, 0.4) is 0 Å². The van der Waals surface area contributed by atoms with Gasteiger partial charge in [0.05, 0.1) is 23.1 Å². The molecule has 11 rings (SSSR count). The van der Waals surface area contributed by atoms with Gasteiger partial charge in [-0.25, -0.2) is 0 Å². The summed E-state index contributed by atoms with van der Waals surface area (Å²) in [5, 5.41) is 11.9. The maximum Gasteiger partial charge on any atom is 0.0853 e. The summed E-state index contributed by atoms with van der Waals surface area (Å²) in [5.74, 6) is 1.01. The maximum absolute atomic E-state index is 4.06. The molecule has 0 bridgehead atoms. The minimum absolute atomic E-state index is 0.122. The summed E-state index contributed by atoms with van der Waals surface area (Å²) in [4.78, 5) is 2.92. The van der Waals surface area contributed by atoms with Gasteiger partial charge < -0.3 is 9.88 Å². The Kier molecular flexibility index (Phi) is 6.89. The van der Waals surface area contributed by atoms with Gasteiger partial charge in [-0.05, 0) is 68.8 Å². The summed E-state index contributed by atoms with van der Waals surface area (Å²) in [7, 11) is 0. The number of anilines is 1. The Morgan fingerprint density at radius 3 is 2.38 bits per heavy atom. The van der Waals surface area contributed by atoms with E-state index in [1.54, 1.807) is 0 Å². The molecule has 250 valence electrons. The van der Waals surface area contributed by atoms with E-state index < -0.39 is 0 Å². The molecule has 3 heterocycles. The summed E-state index contributed by atoms with van der Waals surface area (Å²) in [6, 6.07) is 44.2. The second kappa shape index (κ2) is 11.9. The van der Waals surface area contributed by atoms with Gasteiger partial charge in [0.25, 0.3) is 0 Å². The Morgan fingerprint density at radius 2 is 1.48 bits per heavy atom. The average Bonchev–Trinajstić information content (AvgIpc) is 3.77. The monoisotopic (exact) mass is 687 g/mol. The fourth-order valence-electron chi connectivity index (χ4n) is 9.20. The second-order valence-corrected chi connectivity index (χ2v) is 15.5. The topological polar surface area (TPSA) is 29.0 Å². The summed E-state index contributed by atoms with van der Waals surface area (Å²) < 4.78 is 2.42. The minimum Gasteiger partial charge on any atom is -0.367 e. The van der Waals surface area contributed by atoms with E-state index >= 15 is 0 Å². The molecule has 52 heavy (non-hydrogen) atoms. The second-order valence-electron chi connectivity index (χ2n) is 14.4. The van der Waals surface area contributed by atoms with Crippen molar-refractivity contribution in [3.05, 3.63) is 190 Å². The predicted octanol–water partition coefficient (Wildman–Crippen LogP) is 11.8. The van der Waals surface area contributed by atoms with Crippen LogP contribution in [0.15, 0.2) is 158 Å². The normalized spacial score (nSPS) is 21.3. The molecule has 4 aliphatic rings. The largest absolute Gasteiger partial charge is 0.367 e. The standard InChI is InChI=1S/C48H37N3S/c1-2-15-34(16-3-1)51-42-23-9-8-19-38(42)45-43(51)29-49-48(50-45)40-22-11-21-39-44-37-18-7-5-13-33(37)28-41(47(44)52-46(39)40)32-26-24-31(25-27-32)36-20-10-14-30-12-4-6-17-35(30)36/h1-21,23-28,33,37,40,48-50H,22,29H2. The van der Waals surface area contributed by atoms with E-state index in [9.17, 15) is 0 Å². The van der Waals surface area contributed by atoms with Gasteiger partial charge in [-0.2, -0.15) is 0 Å². The lowest BCUT2D eigenvalue weighted by atomic mass is 9.73. The highest BCUT2D eigenvalue weighted by Crippen LogP contribution is 2.53. The zero-order valence-electron chi connectivity index (χ0n) is 28.7. The lowest BCUT2D eigenvalue weighted by Crippen LogP contribution is -2.44. The quantitative estimate of drug-likeness (QED) is 0.193. The van der Waals surface area contributed by atoms with Gasteiger partial charge in [0.2, 0.25) is 0 Å². The molecular weight excluding hydrogens is 651 g/mol. The molecule has 3 aliphatic carbocycles. The molecule has 4 atom stereocenters. The molecule has 7 aromatic rings. The predicted molar refractivity (Wildman–Crippen MR) is 219 cm³/mol. The third-order valence-electron chi connectivity index (χ3n) is 11.6. The Balaban J connectivity index is 0.982. The van der Waals surface area contributed by atoms with Crippen LogP contribution in [-0.4, -0.2) is 10.7 Å². The van der Waals surface area contributed by atoms with E-state index in [0.29, 0.717) is 17.8 Å². The van der Waals surface area contributed by atoms with Gasteiger partial charge in [-0.15, -0.1) is 11.3 Å². The van der Waals surface area contributed by atoms with Crippen LogP contribution in [0.2, 0.25) is 0 Å². The number of hydrogen-bond donors (Lipinski definition) is 2. The molecule has 3 nitrogen and oxygen atoms in total. The van der Waals surface area contributed by atoms with E-state index in [0.717, 1.165) is 13.0 Å². The summed E-state index contributed by atoms with van der Waals surface area (Å²) in [5.41, 5.74) is 13.1. The molecule has 4 heteroatoms. The van der Waals surface area contributed by atoms with E-state index in [-0.39, 0.29) is 6.17 Å². The van der Waals surface area contributed by atoms with Crippen molar-refractivity contribution in [1.29, 1.82) is 0 Å². The molecule has 0 fully saturated rings. The van der Waals surface area contributed by atoms with Crippen molar-refractivity contribution in [3.8, 4) is 16.8 Å². The van der Waals surface area contributed by atoms with Crippen LogP contribution >= 0.6 is 11.3 Å². The number of allylic oxidation sites excluding steroid dienone is 6. The first kappa shape index (κ1) is 30.0. The molecule has 0 saturated heterocycles. The van der Waals surface area contributed by atoms with Gasteiger partial charge in [-0.3, -0.25) is 5.32 Å². The fourth-order valence-corrected chi connectivity index (χ4v) is 10.7. The first-order valence-corrected chi connectivity index (χ1v) is 19.3. The SMILES string of the molecule is C1=CC2C=C(c3ccc(-c4cccc5ccccc45)cc3)c3sc4c(c3C2C=C1)C=CCC4C1NCc2c(c3ccccc3n2-c2ccccc2)N1. The smallest absolute Gasteiger partial charge is 0.0853 e. The highest BCUT2D eigenvalue weighted by Gasteiger charge is 2.39. The molecule has 0 amide bonds. The van der Waals surface area contributed by atoms with Crippen LogP contribution in [0.5, 0.6) is 0 Å². The van der Waals surface area contributed by atoms with Crippen molar-refractivity contribution in [3.63, 3.8) is 0 Å². The first-order valence-electron chi connectivity index (χ1n) is 18.5. The van der Waals surface area contributed by atoms with Crippen LogP contribution in [0, 0.1) is 5.92 Å². The number of fused-ring (bicyclic) bond motifs is 9. The molecular formula is C48H37N3S. The Morgan fingerprint density at radius 1 is 0.712 bits per heavy atom. The third kappa shape index (κ3) is 4.61. The molecule has 0 spiro atoms. The minimum atomic E-state index is 0.122. The third-order valence-corrected chi connectivity index (χ3v) is 13.0. The van der Waals surface area contributed by atoms with E-state index in [2.05, 4.69) is 179 Å². The van der Waals surface area contributed by atoms with E-state index in [4.69, 9.17) is 0 Å². The van der Waals surface area contributed by atoms with Crippen LogP contribution in [0.4, 0.5) is 5.69 Å². The number of rotatable bonds is 4. The van der Waals surface area contributed by atoms with Gasteiger partial charge in [0.15, 0.2) is 0 Å². The van der Waals surface area contributed by atoms with Crippen LogP contribution in [0.25, 0.3) is 50.1 Å². The number of hydrogen-bond acceptors (Lipinski definition) is 3. The highest BCUT2D eigenvalue weighted by molar-refractivity contribution is 7.13. The Bertz CT molecular complexity index is 2640. The maximum atomic E-state index is 4.06. The Hall–Kier alpha value is -5.68. The molecule has 4 unspecified atom stereocenters. The first-order chi connectivity index (χ1) is 25.8.